The van der Waals surface area contributed by atoms with E-state index in [-0.39, 0.29) is 6.04 Å². The third-order valence-electron chi connectivity index (χ3n) is 2.22. The summed E-state index contributed by atoms with van der Waals surface area (Å²) in [6.45, 7) is 5.79. The third kappa shape index (κ3) is 2.76. The van der Waals surface area contributed by atoms with Gasteiger partial charge in [0.15, 0.2) is 0 Å². The second-order valence-corrected chi connectivity index (χ2v) is 3.47. The van der Waals surface area contributed by atoms with Crippen LogP contribution in [0.15, 0.2) is 29.4 Å². The molecule has 1 aromatic carbocycles. The fourth-order valence-electron chi connectivity index (χ4n) is 1.09. The predicted molar refractivity (Wildman–Crippen MR) is 59.2 cm³/mol. The summed E-state index contributed by atoms with van der Waals surface area (Å²) in [5, 5.41) is 15.0. The summed E-state index contributed by atoms with van der Waals surface area (Å²) in [5.74, 6) is 0. The van der Waals surface area contributed by atoms with Crippen molar-refractivity contribution in [3.8, 4) is 0 Å². The van der Waals surface area contributed by atoms with Crippen molar-refractivity contribution < 1.29 is 5.21 Å². The molecular formula is C11H16N2O. The molecule has 1 atom stereocenters. The predicted octanol–water partition coefficient (Wildman–Crippen LogP) is 2.65. The highest BCUT2D eigenvalue weighted by Gasteiger charge is 2.04. The Morgan fingerprint density at radius 2 is 1.93 bits per heavy atom. The molecule has 0 saturated carbocycles. The average molecular weight is 192 g/mol. The van der Waals surface area contributed by atoms with Crippen molar-refractivity contribution in [2.45, 2.75) is 26.8 Å². The molecule has 0 radical (unpaired) electrons. The van der Waals surface area contributed by atoms with Crippen molar-refractivity contribution in [2.24, 2.45) is 5.16 Å². The number of hydrogen-bond donors (Lipinski definition) is 2. The molecule has 0 fully saturated rings. The van der Waals surface area contributed by atoms with Crippen LogP contribution >= 0.6 is 0 Å². The maximum atomic E-state index is 8.58. The highest BCUT2D eigenvalue weighted by atomic mass is 16.4. The number of anilines is 1. The maximum absolute atomic E-state index is 8.58. The van der Waals surface area contributed by atoms with Gasteiger partial charge in [0, 0.05) is 5.69 Å². The molecule has 1 aromatic rings. The van der Waals surface area contributed by atoms with Crippen LogP contribution in [0.2, 0.25) is 0 Å². The van der Waals surface area contributed by atoms with E-state index in [1.807, 2.05) is 38.1 Å². The minimum absolute atomic E-state index is 0.0442. The SMILES string of the molecule is C/C(=N\O)C(C)Nc1ccc(C)cc1. The van der Waals surface area contributed by atoms with Crippen LogP contribution in [0, 0.1) is 6.92 Å². The van der Waals surface area contributed by atoms with E-state index in [0.29, 0.717) is 5.71 Å². The summed E-state index contributed by atoms with van der Waals surface area (Å²) in [4.78, 5) is 0. The highest BCUT2D eigenvalue weighted by Crippen LogP contribution is 2.10. The van der Waals surface area contributed by atoms with Crippen LogP contribution in [0.3, 0.4) is 0 Å². The molecule has 14 heavy (non-hydrogen) atoms. The zero-order valence-electron chi connectivity index (χ0n) is 8.78. The van der Waals surface area contributed by atoms with E-state index in [0.717, 1.165) is 5.69 Å². The number of nitrogens with one attached hydrogen (secondary N) is 1. The molecule has 0 aromatic heterocycles. The third-order valence-corrected chi connectivity index (χ3v) is 2.22. The van der Waals surface area contributed by atoms with Crippen LogP contribution in [0.1, 0.15) is 19.4 Å². The molecule has 0 heterocycles. The molecule has 1 unspecified atom stereocenters. The molecule has 2 N–H and O–H groups in total. The molecule has 3 heteroatoms. The van der Waals surface area contributed by atoms with E-state index < -0.39 is 0 Å². The molecule has 1 rings (SSSR count). The molecule has 0 aliphatic rings. The van der Waals surface area contributed by atoms with Gasteiger partial charge in [-0.3, -0.25) is 0 Å². The lowest BCUT2D eigenvalue weighted by Crippen LogP contribution is -2.23. The van der Waals surface area contributed by atoms with Gasteiger partial charge in [-0.05, 0) is 32.9 Å². The van der Waals surface area contributed by atoms with Gasteiger partial charge in [-0.25, -0.2) is 0 Å². The Balaban J connectivity index is 2.65. The average Bonchev–Trinajstić information content (AvgIpc) is 2.20. The Labute approximate surface area is 84.4 Å². The normalized spacial score (nSPS) is 13.8. The minimum Gasteiger partial charge on any atom is -0.411 e. The summed E-state index contributed by atoms with van der Waals surface area (Å²) >= 11 is 0. The lowest BCUT2D eigenvalue weighted by molar-refractivity contribution is 0.317. The van der Waals surface area contributed by atoms with Crippen LogP contribution < -0.4 is 5.32 Å². The number of oxime groups is 1. The fourth-order valence-corrected chi connectivity index (χ4v) is 1.09. The molecule has 76 valence electrons. The van der Waals surface area contributed by atoms with Crippen LogP contribution in [0.25, 0.3) is 0 Å². The zero-order chi connectivity index (χ0) is 10.6. The van der Waals surface area contributed by atoms with Gasteiger partial charge in [-0.2, -0.15) is 0 Å². The number of benzene rings is 1. The smallest absolute Gasteiger partial charge is 0.0759 e. The number of aryl methyl sites for hydroxylation is 1. The maximum Gasteiger partial charge on any atom is 0.0759 e. The second kappa shape index (κ2) is 4.65. The summed E-state index contributed by atoms with van der Waals surface area (Å²) in [6, 6.07) is 8.15. The first-order chi connectivity index (χ1) is 6.63. The zero-order valence-corrected chi connectivity index (χ0v) is 8.78. The van der Waals surface area contributed by atoms with Crippen LogP contribution in [0.4, 0.5) is 5.69 Å². The minimum atomic E-state index is 0.0442. The first-order valence-corrected chi connectivity index (χ1v) is 4.65. The molecule has 0 spiro atoms. The first kappa shape index (κ1) is 10.6. The highest BCUT2D eigenvalue weighted by molar-refractivity contribution is 5.88. The van der Waals surface area contributed by atoms with Gasteiger partial charge in [0.05, 0.1) is 11.8 Å². The molecule has 0 bridgehead atoms. The van der Waals surface area contributed by atoms with Gasteiger partial charge in [0.1, 0.15) is 0 Å². The van der Waals surface area contributed by atoms with E-state index in [9.17, 15) is 0 Å². The van der Waals surface area contributed by atoms with Gasteiger partial charge >= 0.3 is 0 Å². The second-order valence-electron chi connectivity index (χ2n) is 3.47. The van der Waals surface area contributed by atoms with Gasteiger partial charge in [-0.1, -0.05) is 22.9 Å². The molecule has 0 amide bonds. The summed E-state index contributed by atoms with van der Waals surface area (Å²) in [6.07, 6.45) is 0. The van der Waals surface area contributed by atoms with Crippen molar-refractivity contribution in [3.05, 3.63) is 29.8 Å². The van der Waals surface area contributed by atoms with Crippen molar-refractivity contribution >= 4 is 11.4 Å². The number of hydrogen-bond acceptors (Lipinski definition) is 3. The van der Waals surface area contributed by atoms with Crippen molar-refractivity contribution in [1.29, 1.82) is 0 Å². The fraction of sp³-hybridized carbons (Fsp3) is 0.364. The standard InChI is InChI=1S/C11H16N2O/c1-8-4-6-11(7-5-8)12-9(2)10(3)13-14/h4-7,9,12,14H,1-3H3/b13-10+. The Hall–Kier alpha value is -1.51. The van der Waals surface area contributed by atoms with E-state index in [4.69, 9.17) is 5.21 Å². The van der Waals surface area contributed by atoms with Crippen molar-refractivity contribution in [1.82, 2.24) is 0 Å². The summed E-state index contributed by atoms with van der Waals surface area (Å²) < 4.78 is 0. The Morgan fingerprint density at radius 3 is 2.43 bits per heavy atom. The van der Waals surface area contributed by atoms with Gasteiger partial charge in [0.25, 0.3) is 0 Å². The largest absolute Gasteiger partial charge is 0.411 e. The van der Waals surface area contributed by atoms with E-state index in [1.165, 1.54) is 5.56 Å². The Morgan fingerprint density at radius 1 is 1.36 bits per heavy atom. The van der Waals surface area contributed by atoms with Crippen molar-refractivity contribution in [2.75, 3.05) is 5.32 Å². The quantitative estimate of drug-likeness (QED) is 0.439. The summed E-state index contributed by atoms with van der Waals surface area (Å²) in [5.41, 5.74) is 2.94. The van der Waals surface area contributed by atoms with Gasteiger partial charge in [-0.15, -0.1) is 0 Å². The number of rotatable bonds is 3. The molecule has 0 aliphatic heterocycles. The molecule has 0 saturated heterocycles. The Kier molecular flexibility index (Phi) is 3.51. The Bertz CT molecular complexity index is 317. The van der Waals surface area contributed by atoms with Crippen LogP contribution in [-0.4, -0.2) is 17.0 Å². The van der Waals surface area contributed by atoms with E-state index in [2.05, 4.69) is 10.5 Å². The topological polar surface area (TPSA) is 44.6 Å². The van der Waals surface area contributed by atoms with Gasteiger partial charge < -0.3 is 10.5 Å². The lowest BCUT2D eigenvalue weighted by Gasteiger charge is -2.13. The van der Waals surface area contributed by atoms with Crippen molar-refractivity contribution in [3.63, 3.8) is 0 Å². The monoisotopic (exact) mass is 192 g/mol. The first-order valence-electron chi connectivity index (χ1n) is 4.65. The molecule has 0 aliphatic carbocycles. The van der Waals surface area contributed by atoms with E-state index in [1.54, 1.807) is 6.92 Å². The molecule has 3 nitrogen and oxygen atoms in total. The van der Waals surface area contributed by atoms with Crippen LogP contribution in [0.5, 0.6) is 0 Å². The van der Waals surface area contributed by atoms with E-state index >= 15 is 0 Å². The molecular weight excluding hydrogens is 176 g/mol. The number of nitrogens with zero attached hydrogens (tertiary/aromatic N) is 1. The lowest BCUT2D eigenvalue weighted by atomic mass is 10.2. The van der Waals surface area contributed by atoms with Crippen LogP contribution in [-0.2, 0) is 0 Å². The summed E-state index contributed by atoms with van der Waals surface area (Å²) in [7, 11) is 0. The van der Waals surface area contributed by atoms with Gasteiger partial charge in [0.2, 0.25) is 0 Å².